The molecule has 0 radical (unpaired) electrons. The molecule has 21 heavy (non-hydrogen) atoms. The maximum Gasteiger partial charge on any atom is 0.260 e. The van der Waals surface area contributed by atoms with Crippen LogP contribution in [0, 0.1) is 0 Å². The molecule has 0 spiro atoms. The van der Waals surface area contributed by atoms with Gasteiger partial charge in [0, 0.05) is 6.54 Å². The molecule has 3 nitrogen and oxygen atoms in total. The predicted octanol–water partition coefficient (Wildman–Crippen LogP) is 3.20. The van der Waals surface area contributed by atoms with E-state index in [0.29, 0.717) is 12.3 Å². The van der Waals surface area contributed by atoms with Crippen molar-refractivity contribution in [1.82, 2.24) is 5.32 Å². The van der Waals surface area contributed by atoms with Gasteiger partial charge in [-0.2, -0.15) is 0 Å². The highest BCUT2D eigenvalue weighted by Crippen LogP contribution is 2.10. The van der Waals surface area contributed by atoms with Crippen LogP contribution in [0.1, 0.15) is 18.9 Å². The van der Waals surface area contributed by atoms with Crippen LogP contribution in [0.2, 0.25) is 0 Å². The number of amides is 1. The number of hydrogen-bond donors (Lipinski definition) is 1. The fourth-order valence-electron chi connectivity index (χ4n) is 2.05. The number of nitrogens with one attached hydrogen (secondary N) is 1. The maximum atomic E-state index is 11.9. The molecule has 0 aliphatic heterocycles. The molecule has 3 heteroatoms. The van der Waals surface area contributed by atoms with Crippen LogP contribution in [0.5, 0.6) is 5.75 Å². The van der Waals surface area contributed by atoms with Gasteiger partial charge in [0.2, 0.25) is 0 Å². The van der Waals surface area contributed by atoms with Gasteiger partial charge in [-0.3, -0.25) is 4.79 Å². The summed E-state index contributed by atoms with van der Waals surface area (Å²) in [5.74, 6) is 0.636. The van der Waals surface area contributed by atoms with Crippen LogP contribution >= 0.6 is 0 Å². The highest BCUT2D eigenvalue weighted by atomic mass is 16.5. The molecule has 0 heterocycles. The van der Waals surface area contributed by atoms with Crippen molar-refractivity contribution in [2.24, 2.45) is 0 Å². The fraction of sp³-hybridized carbons (Fsp3) is 0.278. The minimum Gasteiger partial charge on any atom is -0.481 e. The number of rotatable bonds is 7. The van der Waals surface area contributed by atoms with E-state index in [1.807, 2.05) is 48.5 Å². The SMILES string of the molecule is C[C@H](Oc1ccccc1)C(=O)NCCCc1ccccc1. The van der Waals surface area contributed by atoms with Gasteiger partial charge in [-0.05, 0) is 37.5 Å². The summed E-state index contributed by atoms with van der Waals surface area (Å²) in [5, 5.41) is 2.91. The van der Waals surface area contributed by atoms with Crippen molar-refractivity contribution in [3.05, 3.63) is 66.2 Å². The Morgan fingerprint density at radius 2 is 1.67 bits per heavy atom. The second-order valence-corrected chi connectivity index (χ2v) is 4.95. The largest absolute Gasteiger partial charge is 0.481 e. The molecular formula is C18H21NO2. The van der Waals surface area contributed by atoms with Gasteiger partial charge >= 0.3 is 0 Å². The molecule has 1 atom stereocenters. The summed E-state index contributed by atoms with van der Waals surface area (Å²) >= 11 is 0. The van der Waals surface area contributed by atoms with Gasteiger partial charge in [0.25, 0.3) is 5.91 Å². The summed E-state index contributed by atoms with van der Waals surface area (Å²) in [6.45, 7) is 2.43. The van der Waals surface area contributed by atoms with Gasteiger partial charge < -0.3 is 10.1 Å². The smallest absolute Gasteiger partial charge is 0.260 e. The summed E-state index contributed by atoms with van der Waals surface area (Å²) in [7, 11) is 0. The lowest BCUT2D eigenvalue weighted by molar-refractivity contribution is -0.127. The Morgan fingerprint density at radius 1 is 1.05 bits per heavy atom. The molecule has 0 unspecified atom stereocenters. The predicted molar refractivity (Wildman–Crippen MR) is 84.3 cm³/mol. The van der Waals surface area contributed by atoms with E-state index in [9.17, 15) is 4.79 Å². The first kappa shape index (κ1) is 15.1. The first-order valence-electron chi connectivity index (χ1n) is 7.29. The zero-order valence-electron chi connectivity index (χ0n) is 12.3. The Bertz CT molecular complexity index is 540. The number of aryl methyl sites for hydroxylation is 1. The number of para-hydroxylation sites is 1. The average molecular weight is 283 g/mol. The van der Waals surface area contributed by atoms with Crippen molar-refractivity contribution in [2.45, 2.75) is 25.9 Å². The lowest BCUT2D eigenvalue weighted by atomic mass is 10.1. The quantitative estimate of drug-likeness (QED) is 0.792. The summed E-state index contributed by atoms with van der Waals surface area (Å²) in [5.41, 5.74) is 1.29. The Hall–Kier alpha value is -2.29. The van der Waals surface area contributed by atoms with Crippen molar-refractivity contribution in [3.63, 3.8) is 0 Å². The molecule has 0 saturated carbocycles. The van der Waals surface area contributed by atoms with Crippen molar-refractivity contribution >= 4 is 5.91 Å². The Morgan fingerprint density at radius 3 is 2.33 bits per heavy atom. The number of hydrogen-bond acceptors (Lipinski definition) is 2. The second kappa shape index (κ2) is 8.10. The molecule has 0 aliphatic rings. The summed E-state index contributed by atoms with van der Waals surface area (Å²) in [4.78, 5) is 11.9. The van der Waals surface area contributed by atoms with E-state index in [4.69, 9.17) is 4.74 Å². The number of benzene rings is 2. The van der Waals surface area contributed by atoms with E-state index in [0.717, 1.165) is 12.8 Å². The van der Waals surface area contributed by atoms with Gasteiger partial charge in [-0.25, -0.2) is 0 Å². The molecular weight excluding hydrogens is 262 g/mol. The van der Waals surface area contributed by atoms with Crippen LogP contribution in [0.4, 0.5) is 0 Å². The Kier molecular flexibility index (Phi) is 5.83. The number of ether oxygens (including phenoxy) is 1. The number of carbonyl (C=O) groups excluding carboxylic acids is 1. The van der Waals surface area contributed by atoms with Crippen LogP contribution in [0.25, 0.3) is 0 Å². The molecule has 0 saturated heterocycles. The Labute approximate surface area is 126 Å². The van der Waals surface area contributed by atoms with Crippen molar-refractivity contribution in [2.75, 3.05) is 6.54 Å². The first-order valence-corrected chi connectivity index (χ1v) is 7.29. The van der Waals surface area contributed by atoms with Crippen LogP contribution in [-0.2, 0) is 11.2 Å². The highest BCUT2D eigenvalue weighted by Gasteiger charge is 2.13. The molecule has 0 bridgehead atoms. The minimum atomic E-state index is -0.482. The zero-order chi connectivity index (χ0) is 14.9. The third-order valence-corrected chi connectivity index (χ3v) is 3.21. The molecule has 2 aromatic carbocycles. The third kappa shape index (κ3) is 5.30. The van der Waals surface area contributed by atoms with Crippen LogP contribution in [0.3, 0.4) is 0 Å². The normalized spacial score (nSPS) is 11.7. The van der Waals surface area contributed by atoms with E-state index in [2.05, 4.69) is 17.4 Å². The van der Waals surface area contributed by atoms with Gasteiger partial charge in [-0.1, -0.05) is 48.5 Å². The summed E-state index contributed by atoms with van der Waals surface area (Å²) in [6.07, 6.45) is 1.41. The second-order valence-electron chi connectivity index (χ2n) is 4.95. The molecule has 2 rings (SSSR count). The maximum absolute atomic E-state index is 11.9. The molecule has 0 aromatic heterocycles. The van der Waals surface area contributed by atoms with Crippen LogP contribution in [0.15, 0.2) is 60.7 Å². The lowest BCUT2D eigenvalue weighted by Crippen LogP contribution is -2.36. The standard InChI is InChI=1S/C18H21NO2/c1-15(21-17-12-6-3-7-13-17)18(20)19-14-8-11-16-9-4-2-5-10-16/h2-7,9-10,12-13,15H,8,11,14H2,1H3,(H,19,20)/t15-/m0/s1. The van der Waals surface area contributed by atoms with E-state index in [1.165, 1.54) is 5.56 Å². The molecule has 1 N–H and O–H groups in total. The molecule has 2 aromatic rings. The van der Waals surface area contributed by atoms with Crippen molar-refractivity contribution in [1.29, 1.82) is 0 Å². The van der Waals surface area contributed by atoms with E-state index in [-0.39, 0.29) is 5.91 Å². The fourth-order valence-corrected chi connectivity index (χ4v) is 2.05. The highest BCUT2D eigenvalue weighted by molar-refractivity contribution is 5.80. The summed E-state index contributed by atoms with van der Waals surface area (Å²) in [6, 6.07) is 19.7. The molecule has 0 aliphatic carbocycles. The minimum absolute atomic E-state index is 0.0769. The van der Waals surface area contributed by atoms with Gasteiger partial charge in [0.05, 0.1) is 0 Å². The van der Waals surface area contributed by atoms with E-state index in [1.54, 1.807) is 6.92 Å². The van der Waals surface area contributed by atoms with Gasteiger partial charge in [-0.15, -0.1) is 0 Å². The van der Waals surface area contributed by atoms with Crippen molar-refractivity contribution < 1.29 is 9.53 Å². The Balaban J connectivity index is 1.67. The van der Waals surface area contributed by atoms with E-state index < -0.39 is 6.10 Å². The molecule has 1 amide bonds. The first-order chi connectivity index (χ1) is 10.3. The van der Waals surface area contributed by atoms with Gasteiger partial charge in [0.15, 0.2) is 6.10 Å². The van der Waals surface area contributed by atoms with Crippen molar-refractivity contribution in [3.8, 4) is 5.75 Å². The lowest BCUT2D eigenvalue weighted by Gasteiger charge is -2.14. The van der Waals surface area contributed by atoms with Crippen LogP contribution in [-0.4, -0.2) is 18.6 Å². The topological polar surface area (TPSA) is 38.3 Å². The van der Waals surface area contributed by atoms with Crippen LogP contribution < -0.4 is 10.1 Å². The molecule has 0 fully saturated rings. The monoisotopic (exact) mass is 283 g/mol. The van der Waals surface area contributed by atoms with Gasteiger partial charge in [0.1, 0.15) is 5.75 Å². The van der Waals surface area contributed by atoms with E-state index >= 15 is 0 Å². The number of carbonyl (C=O) groups is 1. The molecule has 110 valence electrons. The summed E-state index contributed by atoms with van der Waals surface area (Å²) < 4.78 is 5.58. The zero-order valence-corrected chi connectivity index (χ0v) is 12.3. The average Bonchev–Trinajstić information content (AvgIpc) is 2.53. The third-order valence-electron chi connectivity index (χ3n) is 3.21.